The summed E-state index contributed by atoms with van der Waals surface area (Å²) in [7, 11) is -3.59. The zero-order valence-electron chi connectivity index (χ0n) is 11.2. The maximum absolute atomic E-state index is 12.0. The Hall–Kier alpha value is -2.26. The van der Waals surface area contributed by atoms with Gasteiger partial charge >= 0.3 is 5.97 Å². The van der Waals surface area contributed by atoms with E-state index in [1.54, 1.807) is 12.1 Å². The highest BCUT2D eigenvalue weighted by Crippen LogP contribution is 2.10. The molecule has 112 valence electrons. The van der Waals surface area contributed by atoms with Gasteiger partial charge in [0.2, 0.25) is 10.0 Å². The summed E-state index contributed by atoms with van der Waals surface area (Å²) in [6, 6.07) is 6.55. The molecule has 1 heterocycles. The molecular formula is C12H14N4O4S. The van der Waals surface area contributed by atoms with E-state index in [9.17, 15) is 13.2 Å². The van der Waals surface area contributed by atoms with Crippen LogP contribution in [0.5, 0.6) is 0 Å². The third-order valence-electron chi connectivity index (χ3n) is 2.69. The summed E-state index contributed by atoms with van der Waals surface area (Å²) < 4.78 is 27.8. The summed E-state index contributed by atoms with van der Waals surface area (Å²) in [6.45, 7) is 2.08. The number of nitrogens with zero attached hydrogens (tertiary/aromatic N) is 3. The second kappa shape index (κ2) is 6.02. The number of benzene rings is 1. The maximum atomic E-state index is 12.0. The van der Waals surface area contributed by atoms with Crippen LogP contribution in [-0.2, 0) is 16.6 Å². The molecule has 0 saturated carbocycles. The number of hydrogen-bond acceptors (Lipinski definition) is 5. The molecule has 21 heavy (non-hydrogen) atoms. The number of carboxylic acids is 1. The first-order valence-corrected chi connectivity index (χ1v) is 7.56. The topological polar surface area (TPSA) is 114 Å². The SMILES string of the molecule is Cc1cccc(S(=O)(=O)NCCn2cc(C(=O)O)nn2)c1. The minimum Gasteiger partial charge on any atom is -0.476 e. The number of carbonyl (C=O) groups is 1. The fraction of sp³-hybridized carbons (Fsp3) is 0.250. The van der Waals surface area contributed by atoms with Crippen LogP contribution >= 0.6 is 0 Å². The Morgan fingerprint density at radius 1 is 1.43 bits per heavy atom. The number of rotatable bonds is 6. The van der Waals surface area contributed by atoms with Gasteiger partial charge in [-0.3, -0.25) is 4.68 Å². The van der Waals surface area contributed by atoms with Crippen molar-refractivity contribution in [2.75, 3.05) is 6.54 Å². The number of aromatic carboxylic acids is 1. The van der Waals surface area contributed by atoms with Crippen molar-refractivity contribution < 1.29 is 18.3 Å². The molecule has 2 N–H and O–H groups in total. The highest BCUT2D eigenvalue weighted by molar-refractivity contribution is 7.89. The zero-order valence-corrected chi connectivity index (χ0v) is 12.0. The van der Waals surface area contributed by atoms with Crippen molar-refractivity contribution in [1.29, 1.82) is 0 Å². The van der Waals surface area contributed by atoms with Gasteiger partial charge in [0, 0.05) is 6.54 Å². The molecule has 0 aliphatic heterocycles. The second-order valence-electron chi connectivity index (χ2n) is 4.39. The number of aryl methyl sites for hydroxylation is 1. The van der Waals surface area contributed by atoms with Gasteiger partial charge in [0.25, 0.3) is 0 Å². The number of aromatic nitrogens is 3. The summed E-state index contributed by atoms with van der Waals surface area (Å²) >= 11 is 0. The third-order valence-corrected chi connectivity index (χ3v) is 4.15. The molecule has 0 atom stereocenters. The first-order chi connectivity index (χ1) is 9.88. The lowest BCUT2D eigenvalue weighted by atomic mass is 10.2. The summed E-state index contributed by atoms with van der Waals surface area (Å²) in [5, 5.41) is 15.7. The highest BCUT2D eigenvalue weighted by atomic mass is 32.2. The molecule has 9 heteroatoms. The largest absolute Gasteiger partial charge is 0.476 e. The minimum atomic E-state index is -3.59. The van der Waals surface area contributed by atoms with E-state index in [0.717, 1.165) is 5.56 Å². The van der Waals surface area contributed by atoms with E-state index in [4.69, 9.17) is 5.11 Å². The predicted octanol–water partition coefficient (Wildman–Crippen LogP) is 0.263. The molecule has 1 aromatic heterocycles. The molecule has 8 nitrogen and oxygen atoms in total. The van der Waals surface area contributed by atoms with E-state index in [1.165, 1.54) is 16.9 Å². The van der Waals surface area contributed by atoms with Crippen LogP contribution in [0.3, 0.4) is 0 Å². The maximum Gasteiger partial charge on any atom is 0.358 e. The minimum absolute atomic E-state index is 0.0820. The Kier molecular flexibility index (Phi) is 4.34. The van der Waals surface area contributed by atoms with Gasteiger partial charge in [-0.05, 0) is 24.6 Å². The summed E-state index contributed by atoms with van der Waals surface area (Å²) in [5.41, 5.74) is 0.664. The van der Waals surface area contributed by atoms with E-state index in [2.05, 4.69) is 15.0 Å². The Balaban J connectivity index is 1.97. The van der Waals surface area contributed by atoms with Crippen LogP contribution in [0.4, 0.5) is 0 Å². The molecule has 2 rings (SSSR count). The van der Waals surface area contributed by atoms with Gasteiger partial charge in [0.15, 0.2) is 5.69 Å². The fourth-order valence-electron chi connectivity index (χ4n) is 1.67. The first-order valence-electron chi connectivity index (χ1n) is 6.08. The van der Waals surface area contributed by atoms with Gasteiger partial charge in [0.05, 0.1) is 17.6 Å². The summed E-state index contributed by atoms with van der Waals surface area (Å²) in [4.78, 5) is 10.8. The van der Waals surface area contributed by atoms with Gasteiger partial charge in [0.1, 0.15) is 0 Å². The second-order valence-corrected chi connectivity index (χ2v) is 6.15. The molecule has 1 aromatic carbocycles. The monoisotopic (exact) mass is 310 g/mol. The average Bonchev–Trinajstić information content (AvgIpc) is 2.87. The molecule has 0 aliphatic rings. The summed E-state index contributed by atoms with van der Waals surface area (Å²) in [5.74, 6) is -1.18. The van der Waals surface area contributed by atoms with E-state index in [0.29, 0.717) is 0 Å². The van der Waals surface area contributed by atoms with Crippen molar-refractivity contribution in [2.24, 2.45) is 0 Å². The van der Waals surface area contributed by atoms with Crippen molar-refractivity contribution in [3.05, 3.63) is 41.7 Å². The van der Waals surface area contributed by atoms with Crippen LogP contribution < -0.4 is 4.72 Å². The van der Waals surface area contributed by atoms with Gasteiger partial charge < -0.3 is 5.11 Å². The van der Waals surface area contributed by atoms with Crippen LogP contribution in [0.1, 0.15) is 16.1 Å². The first kappa shape index (κ1) is 15.1. The van der Waals surface area contributed by atoms with Crippen LogP contribution in [-0.4, -0.2) is 41.0 Å². The molecule has 2 aromatic rings. The number of nitrogens with one attached hydrogen (secondary N) is 1. The Morgan fingerprint density at radius 2 is 2.19 bits per heavy atom. The molecule has 0 spiro atoms. The lowest BCUT2D eigenvalue weighted by molar-refractivity contribution is 0.0690. The molecule has 0 fully saturated rings. The predicted molar refractivity (Wildman–Crippen MR) is 73.3 cm³/mol. The number of sulfonamides is 1. The number of carboxylic acid groups (broad SMARTS) is 1. The smallest absolute Gasteiger partial charge is 0.358 e. The van der Waals surface area contributed by atoms with Crippen molar-refractivity contribution >= 4 is 16.0 Å². The third kappa shape index (κ3) is 3.86. The number of hydrogen-bond donors (Lipinski definition) is 2. The Morgan fingerprint density at radius 3 is 2.81 bits per heavy atom. The van der Waals surface area contributed by atoms with Crippen LogP contribution in [0.2, 0.25) is 0 Å². The van der Waals surface area contributed by atoms with Crippen molar-refractivity contribution in [3.63, 3.8) is 0 Å². The van der Waals surface area contributed by atoms with Crippen LogP contribution in [0, 0.1) is 6.92 Å². The fourth-order valence-corrected chi connectivity index (χ4v) is 2.79. The normalized spacial score (nSPS) is 11.5. The van der Waals surface area contributed by atoms with Gasteiger partial charge in [-0.25, -0.2) is 17.9 Å². The van der Waals surface area contributed by atoms with Crippen LogP contribution in [0.15, 0.2) is 35.4 Å². The summed E-state index contributed by atoms with van der Waals surface area (Å²) in [6.07, 6.45) is 1.24. The standard InChI is InChI=1S/C12H14N4O4S/c1-9-3-2-4-10(7-9)21(19,20)13-5-6-16-8-11(12(17)18)14-15-16/h2-4,7-8,13H,5-6H2,1H3,(H,17,18). The van der Waals surface area contributed by atoms with E-state index < -0.39 is 16.0 Å². The van der Waals surface area contributed by atoms with E-state index in [-0.39, 0.29) is 23.7 Å². The zero-order chi connectivity index (χ0) is 15.5. The Bertz CT molecular complexity index is 754. The lowest BCUT2D eigenvalue weighted by Gasteiger charge is -2.07. The van der Waals surface area contributed by atoms with Crippen LogP contribution in [0.25, 0.3) is 0 Å². The molecule has 0 unspecified atom stereocenters. The van der Waals surface area contributed by atoms with Gasteiger partial charge in [-0.15, -0.1) is 5.10 Å². The molecule has 0 radical (unpaired) electrons. The molecule has 0 amide bonds. The van der Waals surface area contributed by atoms with E-state index >= 15 is 0 Å². The molecule has 0 saturated heterocycles. The Labute approximate surface area is 121 Å². The molecule has 0 bridgehead atoms. The lowest BCUT2D eigenvalue weighted by Crippen LogP contribution is -2.27. The van der Waals surface area contributed by atoms with Crippen molar-refractivity contribution in [1.82, 2.24) is 19.7 Å². The van der Waals surface area contributed by atoms with Crippen molar-refractivity contribution in [3.8, 4) is 0 Å². The molecular weight excluding hydrogens is 296 g/mol. The highest BCUT2D eigenvalue weighted by Gasteiger charge is 2.14. The van der Waals surface area contributed by atoms with Gasteiger partial charge in [-0.2, -0.15) is 0 Å². The molecule has 0 aliphatic carbocycles. The quantitative estimate of drug-likeness (QED) is 0.791. The van der Waals surface area contributed by atoms with Gasteiger partial charge in [-0.1, -0.05) is 17.3 Å². The van der Waals surface area contributed by atoms with Crippen molar-refractivity contribution in [2.45, 2.75) is 18.4 Å². The average molecular weight is 310 g/mol. The van der Waals surface area contributed by atoms with E-state index in [1.807, 2.05) is 13.0 Å².